The summed E-state index contributed by atoms with van der Waals surface area (Å²) < 4.78 is 13.0. The minimum atomic E-state index is -0.207. The molecule has 1 aliphatic heterocycles. The number of hydrogen-bond donors (Lipinski definition) is 0. The molecule has 0 radical (unpaired) electrons. The zero-order chi connectivity index (χ0) is 15.0. The Morgan fingerprint density at radius 3 is 2.95 bits per heavy atom. The van der Waals surface area contributed by atoms with E-state index in [2.05, 4.69) is 26.4 Å². The van der Waals surface area contributed by atoms with Crippen LogP contribution in [-0.4, -0.2) is 39.3 Å². The summed E-state index contributed by atoms with van der Waals surface area (Å²) in [7, 11) is 1.58. The third kappa shape index (κ3) is 2.58. The number of nitrogens with zero attached hydrogens (tertiary/aromatic N) is 4. The number of aromatic nitrogens is 4. The van der Waals surface area contributed by atoms with Crippen molar-refractivity contribution in [3.05, 3.63) is 12.2 Å². The van der Waals surface area contributed by atoms with Gasteiger partial charge in [0.15, 0.2) is 11.2 Å². The zero-order valence-corrected chi connectivity index (χ0v) is 13.2. The van der Waals surface area contributed by atoms with E-state index in [0.717, 1.165) is 31.0 Å². The van der Waals surface area contributed by atoms with Crippen molar-refractivity contribution >= 4 is 22.8 Å². The van der Waals surface area contributed by atoms with Crippen LogP contribution in [0.2, 0.25) is 0 Å². The van der Waals surface area contributed by atoms with Crippen molar-refractivity contribution in [3.63, 3.8) is 0 Å². The number of fused-ring (bicyclic) bond motifs is 1. The largest absolute Gasteiger partial charge is 0.479 e. The highest BCUT2D eigenvalue weighted by molar-refractivity contribution is 6.20. The monoisotopic (exact) mass is 310 g/mol. The molecule has 0 aliphatic carbocycles. The molecule has 2 aromatic rings. The number of halogens is 1. The Labute approximate surface area is 128 Å². The molecule has 7 heteroatoms. The van der Waals surface area contributed by atoms with Gasteiger partial charge in [-0.1, -0.05) is 0 Å². The first-order valence-electron chi connectivity index (χ1n) is 7.12. The number of ether oxygens (including phenoxy) is 2. The van der Waals surface area contributed by atoms with Crippen molar-refractivity contribution in [2.45, 2.75) is 38.3 Å². The summed E-state index contributed by atoms with van der Waals surface area (Å²) in [5.41, 5.74) is 1.43. The molecule has 0 amide bonds. The normalized spacial score (nSPS) is 23.6. The second-order valence-corrected chi connectivity index (χ2v) is 6.03. The highest BCUT2D eigenvalue weighted by Crippen LogP contribution is 2.30. The van der Waals surface area contributed by atoms with E-state index < -0.39 is 0 Å². The van der Waals surface area contributed by atoms with Crippen molar-refractivity contribution in [2.24, 2.45) is 5.92 Å². The quantitative estimate of drug-likeness (QED) is 0.812. The van der Waals surface area contributed by atoms with E-state index in [1.165, 1.54) is 6.33 Å². The molecule has 6 nitrogen and oxygen atoms in total. The average molecular weight is 311 g/mol. The molecule has 3 heterocycles. The lowest BCUT2D eigenvalue weighted by atomic mass is 10.0. The topological polar surface area (TPSA) is 62.1 Å². The second kappa shape index (κ2) is 5.77. The van der Waals surface area contributed by atoms with E-state index in [0.29, 0.717) is 17.3 Å². The summed E-state index contributed by atoms with van der Waals surface area (Å²) in [5, 5.41) is -0.207. The Morgan fingerprint density at radius 1 is 1.52 bits per heavy atom. The first-order valence-corrected chi connectivity index (χ1v) is 7.56. The van der Waals surface area contributed by atoms with E-state index in [4.69, 9.17) is 21.1 Å². The van der Waals surface area contributed by atoms with Gasteiger partial charge in [-0.2, -0.15) is 4.98 Å². The molecule has 1 aliphatic rings. The number of imidazole rings is 1. The minimum absolute atomic E-state index is 0.207. The maximum Gasteiger partial charge on any atom is 0.245 e. The lowest BCUT2D eigenvalue weighted by Gasteiger charge is -2.17. The molecule has 3 rings (SSSR count). The molecule has 1 fully saturated rings. The molecule has 0 spiro atoms. The molecule has 0 aromatic carbocycles. The SMILES string of the molecule is COc1ncnc2c1nc(C(C)Cl)n2CC1CCOC1C. The molecular formula is C14H19ClN4O2. The van der Waals surface area contributed by atoms with Gasteiger partial charge in [0.25, 0.3) is 0 Å². The van der Waals surface area contributed by atoms with Crippen LogP contribution < -0.4 is 4.74 Å². The number of methoxy groups -OCH3 is 1. The highest BCUT2D eigenvalue weighted by atomic mass is 35.5. The molecule has 3 atom stereocenters. The van der Waals surface area contributed by atoms with Gasteiger partial charge in [0.2, 0.25) is 5.88 Å². The van der Waals surface area contributed by atoms with Gasteiger partial charge in [-0.3, -0.25) is 0 Å². The average Bonchev–Trinajstić information content (AvgIpc) is 3.04. The van der Waals surface area contributed by atoms with E-state index >= 15 is 0 Å². The molecule has 3 unspecified atom stereocenters. The molecule has 21 heavy (non-hydrogen) atoms. The van der Waals surface area contributed by atoms with Crippen molar-refractivity contribution < 1.29 is 9.47 Å². The van der Waals surface area contributed by atoms with Crippen LogP contribution in [0.25, 0.3) is 11.2 Å². The summed E-state index contributed by atoms with van der Waals surface area (Å²) in [5.74, 6) is 1.72. The Hall–Kier alpha value is -1.40. The van der Waals surface area contributed by atoms with Crippen molar-refractivity contribution in [1.29, 1.82) is 0 Å². The van der Waals surface area contributed by atoms with Gasteiger partial charge in [0, 0.05) is 19.1 Å². The Balaban J connectivity index is 2.08. The van der Waals surface area contributed by atoms with Gasteiger partial charge in [-0.25, -0.2) is 9.97 Å². The minimum Gasteiger partial charge on any atom is -0.479 e. The molecule has 1 saturated heterocycles. The predicted molar refractivity (Wildman–Crippen MR) is 79.7 cm³/mol. The number of rotatable bonds is 4. The van der Waals surface area contributed by atoms with Gasteiger partial charge in [0.05, 0.1) is 18.6 Å². The highest BCUT2D eigenvalue weighted by Gasteiger charge is 2.28. The third-order valence-electron chi connectivity index (χ3n) is 4.03. The van der Waals surface area contributed by atoms with Gasteiger partial charge in [0.1, 0.15) is 12.2 Å². The summed E-state index contributed by atoms with van der Waals surface area (Å²) in [6.07, 6.45) is 2.78. The Kier molecular flexibility index (Phi) is 3.99. The molecule has 0 saturated carbocycles. The standard InChI is InChI=1S/C14H19ClN4O2/c1-8(15)12-18-11-13(16-7-17-14(11)20-3)19(12)6-10-4-5-21-9(10)2/h7-10H,4-6H2,1-3H3. The number of hydrogen-bond acceptors (Lipinski definition) is 5. The van der Waals surface area contributed by atoms with Crippen LogP contribution in [-0.2, 0) is 11.3 Å². The van der Waals surface area contributed by atoms with Crippen LogP contribution in [0.1, 0.15) is 31.5 Å². The first kappa shape index (κ1) is 14.5. The van der Waals surface area contributed by atoms with Crippen LogP contribution in [0.5, 0.6) is 5.88 Å². The van der Waals surface area contributed by atoms with Gasteiger partial charge in [-0.05, 0) is 20.3 Å². The summed E-state index contributed by atoms with van der Waals surface area (Å²) >= 11 is 6.29. The molecule has 0 N–H and O–H groups in total. The van der Waals surface area contributed by atoms with Crippen LogP contribution in [0.15, 0.2) is 6.33 Å². The van der Waals surface area contributed by atoms with Crippen molar-refractivity contribution in [1.82, 2.24) is 19.5 Å². The van der Waals surface area contributed by atoms with E-state index in [9.17, 15) is 0 Å². The second-order valence-electron chi connectivity index (χ2n) is 5.38. The van der Waals surface area contributed by atoms with E-state index in [-0.39, 0.29) is 11.5 Å². The maximum absolute atomic E-state index is 6.29. The fourth-order valence-electron chi connectivity index (χ4n) is 2.82. The Bertz CT molecular complexity index is 643. The van der Waals surface area contributed by atoms with Gasteiger partial charge in [-0.15, -0.1) is 11.6 Å². The van der Waals surface area contributed by atoms with Crippen molar-refractivity contribution in [3.8, 4) is 5.88 Å². The zero-order valence-electron chi connectivity index (χ0n) is 12.4. The van der Waals surface area contributed by atoms with Crippen LogP contribution in [0, 0.1) is 5.92 Å². The summed E-state index contributed by atoms with van der Waals surface area (Å²) in [6, 6.07) is 0. The van der Waals surface area contributed by atoms with Crippen molar-refractivity contribution in [2.75, 3.05) is 13.7 Å². The fraction of sp³-hybridized carbons (Fsp3) is 0.643. The molecule has 114 valence electrons. The molecule has 0 bridgehead atoms. The van der Waals surface area contributed by atoms with E-state index in [1.54, 1.807) is 7.11 Å². The smallest absolute Gasteiger partial charge is 0.245 e. The predicted octanol–water partition coefficient (Wildman–Crippen LogP) is 2.56. The fourth-order valence-corrected chi connectivity index (χ4v) is 2.98. The third-order valence-corrected chi connectivity index (χ3v) is 4.22. The first-order chi connectivity index (χ1) is 10.1. The van der Waals surface area contributed by atoms with Crippen LogP contribution in [0.3, 0.4) is 0 Å². The lowest BCUT2D eigenvalue weighted by Crippen LogP contribution is -2.19. The lowest BCUT2D eigenvalue weighted by molar-refractivity contribution is 0.102. The maximum atomic E-state index is 6.29. The summed E-state index contributed by atoms with van der Waals surface area (Å²) in [4.78, 5) is 13.1. The van der Waals surface area contributed by atoms with Crippen LogP contribution in [0.4, 0.5) is 0 Å². The van der Waals surface area contributed by atoms with Crippen LogP contribution >= 0.6 is 11.6 Å². The Morgan fingerprint density at radius 2 is 2.33 bits per heavy atom. The van der Waals surface area contributed by atoms with Gasteiger partial charge >= 0.3 is 0 Å². The molecule has 2 aromatic heterocycles. The van der Waals surface area contributed by atoms with Gasteiger partial charge < -0.3 is 14.0 Å². The number of alkyl halides is 1. The molecular weight excluding hydrogens is 292 g/mol. The van der Waals surface area contributed by atoms with E-state index in [1.807, 2.05) is 6.92 Å². The summed E-state index contributed by atoms with van der Waals surface area (Å²) in [6.45, 7) is 5.62.